The van der Waals surface area contributed by atoms with Crippen LogP contribution in [0, 0.1) is 22.7 Å². The Morgan fingerprint density at radius 1 is 0.787 bits per heavy atom. The highest BCUT2D eigenvalue weighted by Crippen LogP contribution is 2.40. The smallest absolute Gasteiger partial charge is 0.352 e. The third kappa shape index (κ3) is 9.34. The Hall–Kier alpha value is -6.40. The van der Waals surface area contributed by atoms with Crippen LogP contribution in [0.25, 0.3) is 11.4 Å². The van der Waals surface area contributed by atoms with Gasteiger partial charge in [0.2, 0.25) is 23.1 Å². The summed E-state index contributed by atoms with van der Waals surface area (Å²) in [7, 11) is -2.58. The predicted molar refractivity (Wildman–Crippen MR) is 220 cm³/mol. The number of thioether (sulfide) groups is 1. The van der Waals surface area contributed by atoms with Crippen LogP contribution in [0.3, 0.4) is 0 Å². The molecule has 0 saturated heterocycles. The molecule has 0 atom stereocenters. The van der Waals surface area contributed by atoms with Gasteiger partial charge in [-0.2, -0.15) is 19.9 Å². The standard InChI is InChI=1S/C35H22Cl4N10O10S2/c1-56-24-14-42-28(10-26(24)60-2)58-30-20(38)8-17(9-21(30)39)49-35(53)47(33(51)23(13-41)46-49)4-5-57-25-15-43-29(11-27(25)61(3,54)55)59-31-18(36)6-16(7-19(31)37)48-34(52)44-32(50)22(12-40)45-48/h6-11,14-15H,4-5H2,1-3H3,(H,44,50,52). The minimum Gasteiger partial charge on any atom is -0.494 e. The van der Waals surface area contributed by atoms with E-state index in [0.29, 0.717) is 19.9 Å². The Morgan fingerprint density at radius 3 is 1.84 bits per heavy atom. The number of nitriles is 2. The zero-order valence-electron chi connectivity index (χ0n) is 31.0. The van der Waals surface area contributed by atoms with E-state index in [2.05, 4.69) is 20.2 Å². The molecule has 0 amide bonds. The van der Waals surface area contributed by atoms with E-state index in [9.17, 15) is 32.9 Å². The Balaban J connectivity index is 1.24. The van der Waals surface area contributed by atoms with Crippen molar-refractivity contribution in [2.24, 2.45) is 0 Å². The summed E-state index contributed by atoms with van der Waals surface area (Å²) in [4.78, 5) is 61.3. The topological polar surface area (TPSA) is 269 Å². The maximum absolute atomic E-state index is 13.7. The molecule has 0 radical (unpaired) electrons. The van der Waals surface area contributed by atoms with Crippen molar-refractivity contribution >= 4 is 68.0 Å². The molecule has 61 heavy (non-hydrogen) atoms. The molecule has 0 saturated carbocycles. The largest absolute Gasteiger partial charge is 0.494 e. The molecule has 0 bridgehead atoms. The van der Waals surface area contributed by atoms with Gasteiger partial charge in [-0.05, 0) is 30.5 Å². The first-order chi connectivity index (χ1) is 29.0. The minimum absolute atomic E-state index is 0.0167. The van der Waals surface area contributed by atoms with E-state index in [1.165, 1.54) is 49.3 Å². The van der Waals surface area contributed by atoms with Crippen molar-refractivity contribution in [2.45, 2.75) is 16.3 Å². The minimum atomic E-state index is -4.08. The van der Waals surface area contributed by atoms with Crippen LogP contribution in [-0.2, 0) is 16.4 Å². The maximum atomic E-state index is 13.7. The Kier molecular flexibility index (Phi) is 13.1. The third-order valence-corrected chi connectivity index (χ3v) is 11.0. The van der Waals surface area contributed by atoms with Crippen molar-refractivity contribution in [2.75, 3.05) is 26.2 Å². The molecule has 4 aromatic heterocycles. The van der Waals surface area contributed by atoms with Gasteiger partial charge < -0.3 is 18.9 Å². The van der Waals surface area contributed by atoms with Crippen LogP contribution >= 0.6 is 58.2 Å². The van der Waals surface area contributed by atoms with Crippen LogP contribution in [-0.4, -0.2) is 73.7 Å². The number of sulfone groups is 1. The first kappa shape index (κ1) is 44.2. The fourth-order valence-corrected chi connectivity index (χ4v) is 7.68. The zero-order chi connectivity index (χ0) is 44.3. The fourth-order valence-electron chi connectivity index (χ4n) is 5.22. The number of pyridine rings is 2. The molecule has 0 spiro atoms. The lowest BCUT2D eigenvalue weighted by molar-refractivity contribution is 0.282. The van der Waals surface area contributed by atoms with E-state index in [0.717, 1.165) is 23.2 Å². The lowest BCUT2D eigenvalue weighted by Crippen LogP contribution is -2.43. The number of rotatable bonds is 13. The molecular formula is C35H22Cl4N10O10S2. The summed E-state index contributed by atoms with van der Waals surface area (Å²) >= 11 is 27.2. The van der Waals surface area contributed by atoms with Gasteiger partial charge in [0.25, 0.3) is 11.1 Å². The number of aromatic amines is 1. The number of hydrogen-bond donors (Lipinski definition) is 1. The molecule has 2 aromatic carbocycles. The predicted octanol–water partition coefficient (Wildman–Crippen LogP) is 4.57. The first-order valence-corrected chi connectivity index (χ1v) is 21.1. The summed E-state index contributed by atoms with van der Waals surface area (Å²) in [6.45, 7) is -1.01. The Morgan fingerprint density at radius 2 is 1.31 bits per heavy atom. The van der Waals surface area contributed by atoms with Crippen molar-refractivity contribution in [1.29, 1.82) is 10.5 Å². The molecule has 6 rings (SSSR count). The van der Waals surface area contributed by atoms with Gasteiger partial charge >= 0.3 is 11.4 Å². The first-order valence-electron chi connectivity index (χ1n) is 16.5. The summed E-state index contributed by atoms with van der Waals surface area (Å²) in [5.74, 6) is -0.240. The number of benzene rings is 2. The zero-order valence-corrected chi connectivity index (χ0v) is 35.6. The van der Waals surface area contributed by atoms with E-state index in [4.69, 9.17) is 70.6 Å². The molecule has 26 heteroatoms. The normalized spacial score (nSPS) is 11.1. The SMILES string of the molecule is COc1cnc(Oc2c(Cl)cc(-n3nc(C#N)c(=O)n(CCOc4cnc(Oc5c(Cl)cc(-n6nc(C#N)c(=O)[nH]c6=O)cc5Cl)cc4S(C)(=O)=O)c3=O)cc2Cl)cc1SC. The number of H-pyrrole nitrogens is 1. The maximum Gasteiger partial charge on any atom is 0.352 e. The van der Waals surface area contributed by atoms with E-state index in [1.807, 2.05) is 11.2 Å². The number of nitrogens with one attached hydrogen (secondary N) is 1. The number of nitrogens with zero attached hydrogens (tertiary/aromatic N) is 9. The number of aromatic nitrogens is 8. The van der Waals surface area contributed by atoms with Gasteiger partial charge in [-0.1, -0.05) is 46.4 Å². The summed E-state index contributed by atoms with van der Waals surface area (Å²) in [5.41, 5.74) is -5.50. The number of ether oxygens (including phenoxy) is 4. The van der Waals surface area contributed by atoms with E-state index in [1.54, 1.807) is 18.2 Å². The van der Waals surface area contributed by atoms with E-state index >= 15 is 0 Å². The van der Waals surface area contributed by atoms with E-state index < -0.39 is 61.8 Å². The lowest BCUT2D eigenvalue weighted by Gasteiger charge is -2.15. The van der Waals surface area contributed by atoms with Gasteiger partial charge in [0.15, 0.2) is 32.8 Å². The monoisotopic (exact) mass is 946 g/mol. The average Bonchev–Trinajstić information content (AvgIpc) is 3.21. The van der Waals surface area contributed by atoms with Gasteiger partial charge in [-0.3, -0.25) is 19.1 Å². The van der Waals surface area contributed by atoms with E-state index in [-0.39, 0.29) is 60.5 Å². The molecule has 0 aliphatic heterocycles. The second kappa shape index (κ2) is 18.1. The van der Waals surface area contributed by atoms with Crippen LogP contribution in [0.15, 0.2) is 77.8 Å². The molecule has 6 aromatic rings. The number of methoxy groups -OCH3 is 1. The van der Waals surface area contributed by atoms with Gasteiger partial charge in [0.05, 0.1) is 62.4 Å². The van der Waals surface area contributed by atoms with Crippen molar-refractivity contribution in [1.82, 2.24) is 39.1 Å². The van der Waals surface area contributed by atoms with Crippen molar-refractivity contribution in [3.05, 3.63) is 122 Å². The molecule has 0 unspecified atom stereocenters. The number of halogens is 4. The van der Waals surface area contributed by atoms with Crippen LogP contribution in [0.2, 0.25) is 20.1 Å². The Bertz CT molecular complexity index is 3170. The summed E-state index contributed by atoms with van der Waals surface area (Å²) in [6, 6.07) is 10.7. The molecule has 1 N–H and O–H groups in total. The second-order valence-electron chi connectivity index (χ2n) is 11.9. The van der Waals surface area contributed by atoms with Crippen molar-refractivity contribution in [3.63, 3.8) is 0 Å². The van der Waals surface area contributed by atoms with Crippen LogP contribution < -0.4 is 41.4 Å². The van der Waals surface area contributed by atoms with Crippen LogP contribution in [0.4, 0.5) is 0 Å². The van der Waals surface area contributed by atoms with Crippen LogP contribution in [0.5, 0.6) is 34.8 Å². The van der Waals surface area contributed by atoms with Crippen molar-refractivity contribution < 1.29 is 27.4 Å². The van der Waals surface area contributed by atoms with Crippen LogP contribution in [0.1, 0.15) is 11.4 Å². The fraction of sp³-hybridized carbons (Fsp3) is 0.143. The second-order valence-corrected chi connectivity index (χ2v) is 16.4. The molecule has 312 valence electrons. The third-order valence-electron chi connectivity index (χ3n) is 7.99. The van der Waals surface area contributed by atoms with Gasteiger partial charge in [-0.15, -0.1) is 22.0 Å². The van der Waals surface area contributed by atoms with Gasteiger partial charge in [0.1, 0.15) is 23.6 Å². The Labute approximate surface area is 365 Å². The number of hydrogen-bond acceptors (Lipinski definition) is 17. The highest BCUT2D eigenvalue weighted by Gasteiger charge is 2.22. The van der Waals surface area contributed by atoms with Gasteiger partial charge in [-0.25, -0.2) is 28.0 Å². The molecule has 0 fully saturated rings. The molecule has 0 aliphatic carbocycles. The summed E-state index contributed by atoms with van der Waals surface area (Å²) in [5, 5.41) is 25.8. The highest BCUT2D eigenvalue weighted by atomic mass is 35.5. The van der Waals surface area contributed by atoms with Crippen molar-refractivity contribution in [3.8, 4) is 58.3 Å². The molecule has 0 aliphatic rings. The lowest BCUT2D eigenvalue weighted by atomic mass is 10.3. The average molecular weight is 949 g/mol. The molecule has 20 nitrogen and oxygen atoms in total. The highest BCUT2D eigenvalue weighted by molar-refractivity contribution is 7.98. The van der Waals surface area contributed by atoms with Gasteiger partial charge in [0, 0.05) is 18.4 Å². The molecule has 4 heterocycles. The summed E-state index contributed by atoms with van der Waals surface area (Å²) in [6.07, 6.45) is 5.13. The summed E-state index contributed by atoms with van der Waals surface area (Å²) < 4.78 is 50.2. The quantitative estimate of drug-likeness (QED) is 0.155. The molecular weight excluding hydrogens is 926 g/mol.